The predicted molar refractivity (Wildman–Crippen MR) is 121 cm³/mol. The van der Waals surface area contributed by atoms with Crippen molar-refractivity contribution in [1.29, 1.82) is 0 Å². The lowest BCUT2D eigenvalue weighted by Crippen LogP contribution is -2.30. The number of carbonyl (C=O) groups excluding carboxylic acids is 2. The predicted octanol–water partition coefficient (Wildman–Crippen LogP) is 5.72. The number of hydrogen-bond acceptors (Lipinski definition) is 6. The Morgan fingerprint density at radius 3 is 2.50 bits per heavy atom. The average molecular weight is 435 g/mol. The molecule has 7 heteroatoms. The maximum atomic E-state index is 12.6. The Labute approximate surface area is 182 Å². The van der Waals surface area contributed by atoms with E-state index in [1.165, 1.54) is 11.3 Å². The molecular formula is C23H18N2O3S2. The third-order valence-electron chi connectivity index (χ3n) is 4.40. The van der Waals surface area contributed by atoms with Gasteiger partial charge in [-0.1, -0.05) is 48.5 Å². The molecule has 1 N–H and O–H groups in total. The van der Waals surface area contributed by atoms with Crippen LogP contribution in [-0.4, -0.2) is 23.0 Å². The first-order valence-electron chi connectivity index (χ1n) is 9.26. The molecule has 4 aromatic rings. The molecule has 0 radical (unpaired) electrons. The normalized spacial score (nSPS) is 11.6. The number of ether oxygens (including phenoxy) is 1. The Hall–Kier alpha value is -3.29. The second-order valence-electron chi connectivity index (χ2n) is 6.50. The average Bonchev–Trinajstić information content (AvgIpc) is 3.46. The maximum Gasteiger partial charge on any atom is 0.358 e. The number of thiophene rings is 1. The summed E-state index contributed by atoms with van der Waals surface area (Å²) in [6.45, 7) is 1.55. The molecule has 1 atom stereocenters. The van der Waals surface area contributed by atoms with Crippen LogP contribution in [-0.2, 0) is 9.53 Å². The number of benzene rings is 2. The van der Waals surface area contributed by atoms with Gasteiger partial charge in [-0.05, 0) is 30.0 Å². The minimum absolute atomic E-state index is 0.200. The fourth-order valence-corrected chi connectivity index (χ4v) is 4.36. The summed E-state index contributed by atoms with van der Waals surface area (Å²) in [5, 5.41) is 9.17. The summed E-state index contributed by atoms with van der Waals surface area (Å²) in [7, 11) is 0. The number of amides is 1. The van der Waals surface area contributed by atoms with Gasteiger partial charge in [-0.15, -0.1) is 11.3 Å². The largest absolute Gasteiger partial charge is 0.448 e. The maximum absolute atomic E-state index is 12.6. The van der Waals surface area contributed by atoms with Crippen molar-refractivity contribution >= 4 is 40.2 Å². The first kappa shape index (κ1) is 20.0. The van der Waals surface area contributed by atoms with Gasteiger partial charge in [0.2, 0.25) is 0 Å². The van der Waals surface area contributed by atoms with Crippen LogP contribution in [0.15, 0.2) is 76.8 Å². The van der Waals surface area contributed by atoms with Crippen molar-refractivity contribution in [2.24, 2.45) is 0 Å². The van der Waals surface area contributed by atoms with Crippen molar-refractivity contribution in [2.75, 3.05) is 5.32 Å². The molecule has 0 aliphatic heterocycles. The summed E-state index contributed by atoms with van der Waals surface area (Å²) in [5.74, 6) is -1.02. The highest BCUT2D eigenvalue weighted by Crippen LogP contribution is 2.28. The summed E-state index contributed by atoms with van der Waals surface area (Å²) in [6, 6.07) is 19.2. The Bertz CT molecular complexity index is 1150. The van der Waals surface area contributed by atoms with E-state index in [-0.39, 0.29) is 5.69 Å². The SMILES string of the molecule is CC(OC(=O)c1csc(-c2ccsc2)n1)C(=O)Nc1ccccc1-c1ccccc1. The van der Waals surface area contributed by atoms with Gasteiger partial charge in [0.15, 0.2) is 11.8 Å². The van der Waals surface area contributed by atoms with Gasteiger partial charge in [-0.2, -0.15) is 11.3 Å². The second-order valence-corrected chi connectivity index (χ2v) is 8.14. The summed E-state index contributed by atoms with van der Waals surface area (Å²) < 4.78 is 5.34. The molecule has 0 aliphatic carbocycles. The molecule has 30 heavy (non-hydrogen) atoms. The minimum atomic E-state index is -0.965. The molecule has 2 aromatic carbocycles. The van der Waals surface area contributed by atoms with E-state index >= 15 is 0 Å². The van der Waals surface area contributed by atoms with Gasteiger partial charge in [0, 0.05) is 27.6 Å². The summed E-state index contributed by atoms with van der Waals surface area (Å²) in [5.41, 5.74) is 3.70. The van der Waals surface area contributed by atoms with Gasteiger partial charge in [0.1, 0.15) is 5.01 Å². The number of para-hydroxylation sites is 1. The zero-order valence-corrected chi connectivity index (χ0v) is 17.7. The van der Waals surface area contributed by atoms with Crippen LogP contribution in [0.3, 0.4) is 0 Å². The van der Waals surface area contributed by atoms with Crippen LogP contribution in [0.4, 0.5) is 5.69 Å². The van der Waals surface area contributed by atoms with Gasteiger partial charge in [0.25, 0.3) is 5.91 Å². The zero-order valence-electron chi connectivity index (χ0n) is 16.1. The van der Waals surface area contributed by atoms with Crippen LogP contribution in [0.1, 0.15) is 17.4 Å². The van der Waals surface area contributed by atoms with Gasteiger partial charge >= 0.3 is 5.97 Å². The summed E-state index contributed by atoms with van der Waals surface area (Å²) >= 11 is 2.93. The van der Waals surface area contributed by atoms with Crippen LogP contribution in [0, 0.1) is 0 Å². The van der Waals surface area contributed by atoms with Crippen molar-refractivity contribution < 1.29 is 14.3 Å². The van der Waals surface area contributed by atoms with Crippen LogP contribution in [0.25, 0.3) is 21.7 Å². The molecule has 1 amide bonds. The van der Waals surface area contributed by atoms with E-state index in [2.05, 4.69) is 10.3 Å². The van der Waals surface area contributed by atoms with Crippen LogP contribution in [0.2, 0.25) is 0 Å². The van der Waals surface area contributed by atoms with Crippen molar-refractivity contribution in [2.45, 2.75) is 13.0 Å². The van der Waals surface area contributed by atoms with Crippen molar-refractivity contribution in [3.8, 4) is 21.7 Å². The van der Waals surface area contributed by atoms with Crippen LogP contribution >= 0.6 is 22.7 Å². The fraction of sp³-hybridized carbons (Fsp3) is 0.0870. The van der Waals surface area contributed by atoms with Crippen molar-refractivity contribution in [1.82, 2.24) is 4.98 Å². The van der Waals surface area contributed by atoms with E-state index < -0.39 is 18.0 Å². The highest BCUT2D eigenvalue weighted by molar-refractivity contribution is 7.14. The first-order chi connectivity index (χ1) is 14.6. The lowest BCUT2D eigenvalue weighted by molar-refractivity contribution is -0.123. The molecule has 0 bridgehead atoms. The van der Waals surface area contributed by atoms with E-state index in [9.17, 15) is 9.59 Å². The van der Waals surface area contributed by atoms with E-state index in [4.69, 9.17) is 4.74 Å². The van der Waals surface area contributed by atoms with Crippen molar-refractivity contribution in [3.63, 3.8) is 0 Å². The Kier molecular flexibility index (Phi) is 6.02. The Morgan fingerprint density at radius 2 is 1.73 bits per heavy atom. The number of thiazole rings is 1. The third-order valence-corrected chi connectivity index (χ3v) is 5.98. The molecule has 0 fully saturated rings. The van der Waals surface area contributed by atoms with Gasteiger partial charge < -0.3 is 10.1 Å². The Morgan fingerprint density at radius 1 is 0.967 bits per heavy atom. The number of aromatic nitrogens is 1. The number of hydrogen-bond donors (Lipinski definition) is 1. The van der Waals surface area contributed by atoms with Crippen molar-refractivity contribution in [3.05, 3.63) is 82.5 Å². The van der Waals surface area contributed by atoms with E-state index in [0.717, 1.165) is 21.7 Å². The Balaban J connectivity index is 1.43. The molecule has 150 valence electrons. The highest BCUT2D eigenvalue weighted by atomic mass is 32.1. The minimum Gasteiger partial charge on any atom is -0.448 e. The lowest BCUT2D eigenvalue weighted by Gasteiger charge is -2.15. The lowest BCUT2D eigenvalue weighted by atomic mass is 10.0. The number of nitrogens with zero attached hydrogens (tertiary/aromatic N) is 1. The summed E-state index contributed by atoms with van der Waals surface area (Å²) in [6.07, 6.45) is -0.965. The molecule has 4 rings (SSSR count). The number of rotatable bonds is 6. The number of anilines is 1. The fourth-order valence-electron chi connectivity index (χ4n) is 2.86. The van der Waals surface area contributed by atoms with Gasteiger partial charge in [-0.3, -0.25) is 4.79 Å². The van der Waals surface area contributed by atoms with Crippen LogP contribution < -0.4 is 5.32 Å². The zero-order chi connectivity index (χ0) is 20.9. The van der Waals surface area contributed by atoms with E-state index in [0.29, 0.717) is 5.69 Å². The molecular weight excluding hydrogens is 416 g/mol. The second kappa shape index (κ2) is 9.02. The molecule has 2 aromatic heterocycles. The number of nitrogens with one attached hydrogen (secondary N) is 1. The summed E-state index contributed by atoms with van der Waals surface area (Å²) in [4.78, 5) is 29.4. The first-order valence-corrected chi connectivity index (χ1v) is 11.1. The van der Waals surface area contributed by atoms with E-state index in [1.807, 2.05) is 71.4 Å². The molecule has 0 aliphatic rings. The van der Waals surface area contributed by atoms with Crippen LogP contribution in [0.5, 0.6) is 0 Å². The highest BCUT2D eigenvalue weighted by Gasteiger charge is 2.22. The number of esters is 1. The molecule has 5 nitrogen and oxygen atoms in total. The third kappa shape index (κ3) is 4.48. The number of carbonyl (C=O) groups is 2. The monoisotopic (exact) mass is 434 g/mol. The molecule has 1 unspecified atom stereocenters. The topological polar surface area (TPSA) is 68.3 Å². The molecule has 0 saturated heterocycles. The molecule has 0 saturated carbocycles. The smallest absolute Gasteiger partial charge is 0.358 e. The van der Waals surface area contributed by atoms with Gasteiger partial charge in [0.05, 0.1) is 0 Å². The van der Waals surface area contributed by atoms with E-state index in [1.54, 1.807) is 23.6 Å². The molecule has 2 heterocycles. The van der Waals surface area contributed by atoms with Gasteiger partial charge in [-0.25, -0.2) is 9.78 Å². The standard InChI is InChI=1S/C23H18N2O3S2/c1-15(28-23(27)20-14-30-22(25-20)17-11-12-29-13-17)21(26)24-19-10-6-5-9-18(19)16-7-3-2-4-8-16/h2-15H,1H3,(H,24,26). The quantitative estimate of drug-likeness (QED) is 0.394. The molecule has 0 spiro atoms.